The van der Waals surface area contributed by atoms with Gasteiger partial charge in [0.2, 0.25) is 0 Å². The lowest BCUT2D eigenvalue weighted by molar-refractivity contribution is 0.586. The summed E-state index contributed by atoms with van der Waals surface area (Å²) in [6, 6.07) is 0. The summed E-state index contributed by atoms with van der Waals surface area (Å²) in [7, 11) is 0. The van der Waals surface area contributed by atoms with Gasteiger partial charge in [0.1, 0.15) is 0 Å². The van der Waals surface area contributed by atoms with Crippen LogP contribution in [0, 0.1) is 11.8 Å². The third-order valence-electron chi connectivity index (χ3n) is 4.41. The van der Waals surface area contributed by atoms with Crippen LogP contribution in [0.5, 0.6) is 0 Å². The molecule has 0 amide bonds. The summed E-state index contributed by atoms with van der Waals surface area (Å²) in [6.07, 6.45) is 23.2. The summed E-state index contributed by atoms with van der Waals surface area (Å²) in [5, 5.41) is 0. The van der Waals surface area contributed by atoms with Crippen LogP contribution in [0.1, 0.15) is 58.8 Å². The van der Waals surface area contributed by atoms with Gasteiger partial charge in [0.05, 0.1) is 0 Å². The second-order valence-corrected chi connectivity index (χ2v) is 5.93. The molecule has 0 fully saturated rings. The number of hydrogen-bond acceptors (Lipinski definition) is 0. The zero-order valence-electron chi connectivity index (χ0n) is 12.6. The van der Waals surface area contributed by atoms with E-state index < -0.39 is 0 Å². The summed E-state index contributed by atoms with van der Waals surface area (Å²) >= 11 is 0. The summed E-state index contributed by atoms with van der Waals surface area (Å²) < 4.78 is 0. The van der Waals surface area contributed by atoms with Gasteiger partial charge in [-0.1, -0.05) is 87.1 Å². The molecule has 0 aromatic carbocycles. The Morgan fingerprint density at radius 1 is 0.789 bits per heavy atom. The van der Waals surface area contributed by atoms with Crippen LogP contribution in [0.25, 0.3) is 0 Å². The maximum absolute atomic E-state index is 2.40. The number of unbranched alkanes of at least 4 members (excludes halogenated alkanes) is 2. The Hall–Kier alpha value is -1.04. The molecule has 2 aliphatic rings. The highest BCUT2D eigenvalue weighted by atomic mass is 14.2. The predicted molar refractivity (Wildman–Crippen MR) is 85.1 cm³/mol. The van der Waals surface area contributed by atoms with Crippen molar-refractivity contribution < 1.29 is 0 Å². The number of hydrogen-bond donors (Lipinski definition) is 0. The van der Waals surface area contributed by atoms with E-state index in [2.05, 4.69) is 50.3 Å². The molecule has 0 nitrogen and oxygen atoms in total. The van der Waals surface area contributed by atoms with E-state index in [0.717, 1.165) is 0 Å². The van der Waals surface area contributed by atoms with Gasteiger partial charge in [-0.3, -0.25) is 0 Å². The molecule has 2 rings (SSSR count). The summed E-state index contributed by atoms with van der Waals surface area (Å²) in [6.45, 7) is 4.57. The first-order chi connectivity index (χ1) is 9.35. The average Bonchev–Trinajstić information content (AvgIpc) is 3.04. The smallest absolute Gasteiger partial charge is 0.00138 e. The van der Waals surface area contributed by atoms with E-state index in [0.29, 0.717) is 11.8 Å². The highest BCUT2D eigenvalue weighted by molar-refractivity contribution is 5.36. The zero-order valence-corrected chi connectivity index (χ0v) is 12.6. The Labute approximate surface area is 119 Å². The topological polar surface area (TPSA) is 0 Å². The van der Waals surface area contributed by atoms with Gasteiger partial charge in [-0.25, -0.2) is 0 Å². The van der Waals surface area contributed by atoms with Crippen molar-refractivity contribution >= 4 is 0 Å². The lowest BCUT2D eigenvalue weighted by atomic mass is 9.86. The third-order valence-corrected chi connectivity index (χ3v) is 4.41. The molecule has 0 heteroatoms. The Morgan fingerprint density at radius 3 is 1.68 bits per heavy atom. The maximum atomic E-state index is 2.40. The second kappa shape index (κ2) is 7.53. The van der Waals surface area contributed by atoms with Gasteiger partial charge in [0.25, 0.3) is 0 Å². The van der Waals surface area contributed by atoms with Crippen LogP contribution in [-0.4, -0.2) is 0 Å². The summed E-state index contributed by atoms with van der Waals surface area (Å²) in [4.78, 5) is 0. The summed E-state index contributed by atoms with van der Waals surface area (Å²) in [5.41, 5.74) is 3.29. The van der Waals surface area contributed by atoms with Crippen LogP contribution in [0.3, 0.4) is 0 Å². The van der Waals surface area contributed by atoms with Crippen molar-refractivity contribution in [1.29, 1.82) is 0 Å². The molecule has 0 bridgehead atoms. The monoisotopic (exact) mass is 256 g/mol. The second-order valence-electron chi connectivity index (χ2n) is 5.93. The van der Waals surface area contributed by atoms with Crippen LogP contribution in [-0.2, 0) is 0 Å². The molecule has 0 N–H and O–H groups in total. The first kappa shape index (κ1) is 14.4. The quantitative estimate of drug-likeness (QED) is 0.501. The molecule has 0 saturated carbocycles. The fraction of sp³-hybridized carbons (Fsp3) is 0.579. The van der Waals surface area contributed by atoms with Crippen molar-refractivity contribution in [3.8, 4) is 0 Å². The predicted octanol–water partition coefficient (Wildman–Crippen LogP) is 5.98. The minimum Gasteiger partial charge on any atom is -0.0773 e. The van der Waals surface area contributed by atoms with Crippen molar-refractivity contribution in [2.75, 3.05) is 0 Å². The van der Waals surface area contributed by atoms with Gasteiger partial charge in [-0.15, -0.1) is 0 Å². The molecule has 0 spiro atoms. The molecule has 2 aliphatic carbocycles. The van der Waals surface area contributed by atoms with Crippen molar-refractivity contribution in [3.63, 3.8) is 0 Å². The highest BCUT2D eigenvalue weighted by Gasteiger charge is 2.20. The van der Waals surface area contributed by atoms with Gasteiger partial charge in [-0.2, -0.15) is 0 Å². The third kappa shape index (κ3) is 3.96. The van der Waals surface area contributed by atoms with Crippen LogP contribution >= 0.6 is 0 Å². The SMILES string of the molecule is CCCCC1C=CC=C1CC1=CC=CC1CCCC. The molecule has 2 atom stereocenters. The minimum atomic E-state index is 0.716. The van der Waals surface area contributed by atoms with Gasteiger partial charge in [0.15, 0.2) is 0 Å². The molecule has 104 valence electrons. The van der Waals surface area contributed by atoms with E-state index in [9.17, 15) is 0 Å². The number of rotatable bonds is 8. The molecule has 0 aromatic heterocycles. The van der Waals surface area contributed by atoms with Crippen molar-refractivity contribution in [3.05, 3.63) is 47.6 Å². The first-order valence-corrected chi connectivity index (χ1v) is 8.09. The summed E-state index contributed by atoms with van der Waals surface area (Å²) in [5.74, 6) is 1.43. The van der Waals surface area contributed by atoms with Crippen LogP contribution < -0.4 is 0 Å². The fourth-order valence-corrected chi connectivity index (χ4v) is 3.15. The van der Waals surface area contributed by atoms with Crippen LogP contribution in [0.15, 0.2) is 47.6 Å². The zero-order chi connectivity index (χ0) is 13.5. The van der Waals surface area contributed by atoms with Gasteiger partial charge >= 0.3 is 0 Å². The number of allylic oxidation sites excluding steroid dienone is 8. The van der Waals surface area contributed by atoms with E-state index in [1.54, 1.807) is 11.1 Å². The average molecular weight is 256 g/mol. The molecule has 0 radical (unpaired) electrons. The molecule has 0 heterocycles. The molecule has 0 aliphatic heterocycles. The van der Waals surface area contributed by atoms with Crippen molar-refractivity contribution in [2.45, 2.75) is 58.8 Å². The maximum Gasteiger partial charge on any atom is -0.00138 e. The molecule has 0 aromatic rings. The van der Waals surface area contributed by atoms with E-state index >= 15 is 0 Å². The highest BCUT2D eigenvalue weighted by Crippen LogP contribution is 2.35. The molecular weight excluding hydrogens is 228 g/mol. The van der Waals surface area contributed by atoms with E-state index in [1.807, 2.05) is 0 Å². The van der Waals surface area contributed by atoms with Crippen LogP contribution in [0.4, 0.5) is 0 Å². The normalized spacial score (nSPS) is 24.9. The Balaban J connectivity index is 1.87. The van der Waals surface area contributed by atoms with E-state index in [-0.39, 0.29) is 0 Å². The standard InChI is InChI=1S/C19H28/c1-3-5-9-16-11-7-13-18(16)15-19-14-8-12-17(19)10-6-4-2/h7-8,11-14,16-17H,3-6,9-10,15H2,1-2H3. The molecule has 19 heavy (non-hydrogen) atoms. The lowest BCUT2D eigenvalue weighted by Gasteiger charge is -2.18. The minimum absolute atomic E-state index is 0.716. The largest absolute Gasteiger partial charge is 0.0773 e. The lowest BCUT2D eigenvalue weighted by Crippen LogP contribution is -2.04. The fourth-order valence-electron chi connectivity index (χ4n) is 3.15. The van der Waals surface area contributed by atoms with E-state index in [1.165, 1.54) is 44.9 Å². The Morgan fingerprint density at radius 2 is 1.26 bits per heavy atom. The first-order valence-electron chi connectivity index (χ1n) is 8.09. The Bertz CT molecular complexity index is 354. The van der Waals surface area contributed by atoms with Crippen molar-refractivity contribution in [2.24, 2.45) is 11.8 Å². The van der Waals surface area contributed by atoms with E-state index in [4.69, 9.17) is 0 Å². The molecular formula is C19H28. The molecule has 0 saturated heterocycles. The van der Waals surface area contributed by atoms with Gasteiger partial charge < -0.3 is 0 Å². The van der Waals surface area contributed by atoms with Crippen LogP contribution in [0.2, 0.25) is 0 Å². The van der Waals surface area contributed by atoms with Gasteiger partial charge in [-0.05, 0) is 31.1 Å². The van der Waals surface area contributed by atoms with Crippen molar-refractivity contribution in [1.82, 2.24) is 0 Å². The van der Waals surface area contributed by atoms with Gasteiger partial charge in [0, 0.05) is 0 Å². The Kier molecular flexibility index (Phi) is 5.69. The molecule has 2 unspecified atom stereocenters.